The lowest BCUT2D eigenvalue weighted by Gasteiger charge is -2.13. The Bertz CT molecular complexity index is 1420. The molecule has 0 saturated heterocycles. The van der Waals surface area contributed by atoms with Gasteiger partial charge in [0.1, 0.15) is 5.56 Å². The van der Waals surface area contributed by atoms with Crippen molar-refractivity contribution in [1.82, 2.24) is 24.8 Å². The van der Waals surface area contributed by atoms with Crippen LogP contribution in [0.3, 0.4) is 0 Å². The summed E-state index contributed by atoms with van der Waals surface area (Å²) in [7, 11) is 3.18. The van der Waals surface area contributed by atoms with Gasteiger partial charge in [-0.25, -0.2) is 14.3 Å². The monoisotopic (exact) mass is 457 g/mol. The van der Waals surface area contributed by atoms with E-state index in [1.165, 1.54) is 7.11 Å². The zero-order valence-electron chi connectivity index (χ0n) is 19.0. The topological polar surface area (TPSA) is 112 Å². The van der Waals surface area contributed by atoms with Crippen molar-refractivity contribution in [3.63, 3.8) is 0 Å². The zero-order valence-corrected chi connectivity index (χ0v) is 19.0. The molecule has 2 unspecified atom stereocenters. The van der Waals surface area contributed by atoms with E-state index in [9.17, 15) is 14.7 Å². The summed E-state index contributed by atoms with van der Waals surface area (Å²) in [4.78, 5) is 24.0. The molecule has 5 rings (SSSR count). The minimum absolute atomic E-state index is 0.0487. The van der Waals surface area contributed by atoms with Crippen LogP contribution in [0.5, 0.6) is 0 Å². The fourth-order valence-corrected chi connectivity index (χ4v) is 4.43. The molecule has 0 aliphatic heterocycles. The summed E-state index contributed by atoms with van der Waals surface area (Å²) in [6, 6.07) is 12.7. The van der Waals surface area contributed by atoms with Gasteiger partial charge in [-0.1, -0.05) is 23.4 Å². The van der Waals surface area contributed by atoms with Gasteiger partial charge in [0.15, 0.2) is 0 Å². The van der Waals surface area contributed by atoms with Crippen LogP contribution >= 0.6 is 0 Å². The number of carboxylic acids is 1. The number of methoxy groups -OCH3 is 1. The first-order valence-corrected chi connectivity index (χ1v) is 10.8. The number of nitrogens with zero attached hydrogens (tertiary/aromatic N) is 5. The van der Waals surface area contributed by atoms with Crippen molar-refractivity contribution in [2.24, 2.45) is 7.05 Å². The minimum atomic E-state index is -0.976. The molecule has 2 heterocycles. The second-order valence-corrected chi connectivity index (χ2v) is 8.56. The maximum absolute atomic E-state index is 12.6. The molecule has 34 heavy (non-hydrogen) atoms. The molecule has 172 valence electrons. The summed E-state index contributed by atoms with van der Waals surface area (Å²) >= 11 is 0. The molecule has 0 spiro atoms. The van der Waals surface area contributed by atoms with Crippen LogP contribution in [0.1, 0.15) is 55.9 Å². The summed E-state index contributed by atoms with van der Waals surface area (Å²) in [6.45, 7) is 1.97. The van der Waals surface area contributed by atoms with Gasteiger partial charge in [-0.3, -0.25) is 4.68 Å². The van der Waals surface area contributed by atoms with E-state index in [0.717, 1.165) is 40.2 Å². The molecule has 0 radical (unpaired) electrons. The normalized spacial score (nSPS) is 16.9. The number of ether oxygens (including phenoxy) is 1. The molecule has 4 aromatic rings. The highest BCUT2D eigenvalue weighted by molar-refractivity contribution is 5.91. The molecule has 1 aliphatic rings. The summed E-state index contributed by atoms with van der Waals surface area (Å²) in [5, 5.41) is 22.2. The number of aromatic nitrogens is 5. The van der Waals surface area contributed by atoms with Crippen molar-refractivity contribution in [3.05, 3.63) is 82.9 Å². The van der Waals surface area contributed by atoms with Crippen LogP contribution in [-0.4, -0.2) is 48.9 Å². The van der Waals surface area contributed by atoms with Gasteiger partial charge < -0.3 is 9.84 Å². The molecule has 1 N–H and O–H groups in total. The predicted octanol–water partition coefficient (Wildman–Crippen LogP) is 3.73. The number of aromatic carboxylic acids is 1. The molecular weight excluding hydrogens is 434 g/mol. The second-order valence-electron chi connectivity index (χ2n) is 8.56. The zero-order chi connectivity index (χ0) is 24.0. The second kappa shape index (κ2) is 8.26. The lowest BCUT2D eigenvalue weighted by molar-refractivity contribution is 0.0598. The van der Waals surface area contributed by atoms with E-state index in [1.54, 1.807) is 33.8 Å². The van der Waals surface area contributed by atoms with E-state index >= 15 is 0 Å². The maximum Gasteiger partial charge on any atom is 0.341 e. The van der Waals surface area contributed by atoms with Crippen LogP contribution in [0.15, 0.2) is 54.9 Å². The summed E-state index contributed by atoms with van der Waals surface area (Å²) in [6.07, 6.45) is 4.26. The fraction of sp³-hybridized carbons (Fsp3) is 0.240. The molecule has 1 saturated carbocycles. The molecule has 2 aromatic carbocycles. The third kappa shape index (κ3) is 3.85. The van der Waals surface area contributed by atoms with E-state index in [-0.39, 0.29) is 17.4 Å². The van der Waals surface area contributed by atoms with Crippen LogP contribution in [0.25, 0.3) is 16.8 Å². The Morgan fingerprint density at radius 2 is 1.94 bits per heavy atom. The van der Waals surface area contributed by atoms with E-state index < -0.39 is 11.9 Å². The van der Waals surface area contributed by atoms with Crippen LogP contribution in [0, 0.1) is 6.92 Å². The van der Waals surface area contributed by atoms with Gasteiger partial charge in [0.05, 0.1) is 35.9 Å². The highest BCUT2D eigenvalue weighted by Crippen LogP contribution is 2.55. The van der Waals surface area contributed by atoms with Crippen molar-refractivity contribution in [3.8, 4) is 16.8 Å². The molecule has 9 nitrogen and oxygen atoms in total. The first-order chi connectivity index (χ1) is 16.4. The SMILES string of the molecule is COC(=O)c1cnn(-c2cc(C)cc(-c3cccc(C(=O)O)c3)c2)c1C1CC1c1cn(C)nn1. The van der Waals surface area contributed by atoms with Gasteiger partial charge in [0.25, 0.3) is 0 Å². The lowest BCUT2D eigenvalue weighted by Crippen LogP contribution is -2.08. The van der Waals surface area contributed by atoms with Crippen molar-refractivity contribution < 1.29 is 19.4 Å². The molecule has 0 amide bonds. The number of esters is 1. The predicted molar refractivity (Wildman–Crippen MR) is 123 cm³/mol. The quantitative estimate of drug-likeness (QED) is 0.439. The lowest BCUT2D eigenvalue weighted by atomic mass is 10.0. The van der Waals surface area contributed by atoms with Gasteiger partial charge in [-0.15, -0.1) is 5.10 Å². The smallest absolute Gasteiger partial charge is 0.341 e. The number of carboxylic acid groups (broad SMARTS) is 1. The molecule has 1 fully saturated rings. The maximum atomic E-state index is 12.6. The Morgan fingerprint density at radius 3 is 2.65 bits per heavy atom. The van der Waals surface area contributed by atoms with Crippen LogP contribution in [0.4, 0.5) is 0 Å². The highest BCUT2D eigenvalue weighted by Gasteiger charge is 2.46. The van der Waals surface area contributed by atoms with Crippen molar-refractivity contribution in [1.29, 1.82) is 0 Å². The Labute approximate surface area is 195 Å². The third-order valence-corrected chi connectivity index (χ3v) is 6.10. The van der Waals surface area contributed by atoms with E-state index in [1.807, 2.05) is 44.4 Å². The Balaban J connectivity index is 1.59. The highest BCUT2D eigenvalue weighted by atomic mass is 16.5. The Hall–Kier alpha value is -4.27. The Morgan fingerprint density at radius 1 is 1.12 bits per heavy atom. The van der Waals surface area contributed by atoms with Crippen LogP contribution in [-0.2, 0) is 11.8 Å². The average Bonchev–Trinajstić information content (AvgIpc) is 3.28. The van der Waals surface area contributed by atoms with E-state index in [2.05, 4.69) is 15.4 Å². The van der Waals surface area contributed by atoms with Gasteiger partial charge in [0, 0.05) is 25.1 Å². The van der Waals surface area contributed by atoms with E-state index in [4.69, 9.17) is 4.74 Å². The molecule has 0 bridgehead atoms. The molecule has 9 heteroatoms. The first-order valence-electron chi connectivity index (χ1n) is 10.8. The molecular formula is C25H23N5O4. The third-order valence-electron chi connectivity index (χ3n) is 6.10. The number of carbonyl (C=O) groups excluding carboxylic acids is 1. The molecule has 1 aliphatic carbocycles. The number of aryl methyl sites for hydroxylation is 2. The van der Waals surface area contributed by atoms with Gasteiger partial charge in [0.2, 0.25) is 0 Å². The minimum Gasteiger partial charge on any atom is -0.478 e. The first kappa shape index (κ1) is 21.6. The Kier molecular flexibility index (Phi) is 5.24. The number of hydrogen-bond donors (Lipinski definition) is 1. The van der Waals surface area contributed by atoms with Crippen molar-refractivity contribution >= 4 is 11.9 Å². The van der Waals surface area contributed by atoms with Crippen molar-refractivity contribution in [2.45, 2.75) is 25.2 Å². The van der Waals surface area contributed by atoms with Gasteiger partial charge >= 0.3 is 11.9 Å². The fourth-order valence-electron chi connectivity index (χ4n) is 4.43. The molecule has 2 atom stereocenters. The summed E-state index contributed by atoms with van der Waals surface area (Å²) < 4.78 is 8.47. The average molecular weight is 457 g/mol. The number of benzene rings is 2. The van der Waals surface area contributed by atoms with Gasteiger partial charge in [-0.2, -0.15) is 5.10 Å². The standard InChI is InChI=1S/C25H23N5O4/c1-14-7-17(15-5-4-6-16(9-15)24(31)32)10-18(8-14)30-23(21(12-26-30)25(33)34-3)20-11-19(20)22-13-29(2)28-27-22/h4-10,12-13,19-20H,11H2,1-3H3,(H,31,32). The number of hydrogen-bond acceptors (Lipinski definition) is 6. The largest absolute Gasteiger partial charge is 0.478 e. The van der Waals surface area contributed by atoms with Crippen LogP contribution < -0.4 is 0 Å². The number of carbonyl (C=O) groups is 2. The van der Waals surface area contributed by atoms with E-state index in [0.29, 0.717) is 5.56 Å². The molecule has 2 aromatic heterocycles. The van der Waals surface area contributed by atoms with Crippen LogP contribution in [0.2, 0.25) is 0 Å². The summed E-state index contributed by atoms with van der Waals surface area (Å²) in [5.41, 5.74) is 5.72. The van der Waals surface area contributed by atoms with Gasteiger partial charge in [-0.05, 0) is 54.3 Å². The summed E-state index contributed by atoms with van der Waals surface area (Å²) in [5.74, 6) is -1.22. The van der Waals surface area contributed by atoms with Crippen molar-refractivity contribution in [2.75, 3.05) is 7.11 Å². The number of rotatable bonds is 6.